The van der Waals surface area contributed by atoms with E-state index < -0.39 is 0 Å². The van der Waals surface area contributed by atoms with Crippen LogP contribution in [0.2, 0.25) is 0 Å². The Morgan fingerprint density at radius 1 is 1.39 bits per heavy atom. The van der Waals surface area contributed by atoms with Gasteiger partial charge in [-0.25, -0.2) is 0 Å². The Hall–Kier alpha value is -1.55. The van der Waals surface area contributed by atoms with Crippen molar-refractivity contribution in [1.29, 1.82) is 0 Å². The van der Waals surface area contributed by atoms with Crippen LogP contribution in [0.15, 0.2) is 24.3 Å². The van der Waals surface area contributed by atoms with E-state index in [0.29, 0.717) is 18.2 Å². The van der Waals surface area contributed by atoms with Gasteiger partial charge in [-0.2, -0.15) is 0 Å². The van der Waals surface area contributed by atoms with Crippen molar-refractivity contribution in [2.45, 2.75) is 25.3 Å². The second-order valence-corrected chi connectivity index (χ2v) is 4.89. The average molecular weight is 248 g/mol. The lowest BCUT2D eigenvalue weighted by atomic mass is 10.0. The Balaban J connectivity index is 1.86. The van der Waals surface area contributed by atoms with Crippen molar-refractivity contribution < 1.29 is 9.90 Å². The maximum absolute atomic E-state index is 11.9. The number of hydrogen-bond donors (Lipinski definition) is 2. The number of likely N-dealkylation sites (tertiary alicyclic amines) is 1. The van der Waals surface area contributed by atoms with Gasteiger partial charge in [-0.15, -0.1) is 0 Å². The number of nitrogens with zero attached hydrogens (tertiary/aromatic N) is 1. The van der Waals surface area contributed by atoms with E-state index in [-0.39, 0.29) is 11.7 Å². The molecule has 2 N–H and O–H groups in total. The van der Waals surface area contributed by atoms with E-state index in [1.54, 1.807) is 12.1 Å². The smallest absolute Gasteiger partial charge is 0.251 e. The average Bonchev–Trinajstić information content (AvgIpc) is 2.38. The zero-order valence-corrected chi connectivity index (χ0v) is 10.7. The fourth-order valence-electron chi connectivity index (χ4n) is 2.33. The lowest BCUT2D eigenvalue weighted by Crippen LogP contribution is -2.44. The molecule has 1 aromatic rings. The molecule has 1 heterocycles. The van der Waals surface area contributed by atoms with Crippen molar-refractivity contribution >= 4 is 5.91 Å². The van der Waals surface area contributed by atoms with Gasteiger partial charge in [0.1, 0.15) is 5.75 Å². The number of aromatic hydroxyl groups is 1. The molecule has 1 aliphatic rings. The SMILES string of the molecule is CN1CCCCC1CNC(=O)c1ccc(O)cc1. The molecule has 0 saturated carbocycles. The van der Waals surface area contributed by atoms with Gasteiger partial charge < -0.3 is 15.3 Å². The molecular weight excluding hydrogens is 228 g/mol. The second-order valence-electron chi connectivity index (χ2n) is 4.89. The lowest BCUT2D eigenvalue weighted by molar-refractivity contribution is 0.0928. The number of hydrogen-bond acceptors (Lipinski definition) is 3. The number of carbonyl (C=O) groups is 1. The lowest BCUT2D eigenvalue weighted by Gasteiger charge is -2.32. The van der Waals surface area contributed by atoms with Gasteiger partial charge in [0, 0.05) is 18.2 Å². The normalized spacial score (nSPS) is 20.6. The zero-order chi connectivity index (χ0) is 13.0. The molecule has 0 radical (unpaired) electrons. The highest BCUT2D eigenvalue weighted by Crippen LogP contribution is 2.14. The molecule has 1 aromatic carbocycles. The summed E-state index contributed by atoms with van der Waals surface area (Å²) in [7, 11) is 2.11. The third-order valence-electron chi connectivity index (χ3n) is 3.55. The maximum atomic E-state index is 11.9. The number of phenols is 1. The molecule has 1 saturated heterocycles. The van der Waals surface area contributed by atoms with E-state index >= 15 is 0 Å². The summed E-state index contributed by atoms with van der Waals surface area (Å²) in [5.41, 5.74) is 0.589. The van der Waals surface area contributed by atoms with Gasteiger partial charge in [-0.3, -0.25) is 4.79 Å². The largest absolute Gasteiger partial charge is 0.508 e. The summed E-state index contributed by atoms with van der Waals surface area (Å²) in [6.07, 6.45) is 3.63. The Bertz CT molecular complexity index is 403. The molecule has 0 bridgehead atoms. The molecule has 0 spiro atoms. The number of nitrogens with one attached hydrogen (secondary N) is 1. The van der Waals surface area contributed by atoms with Gasteiger partial charge in [0.05, 0.1) is 0 Å². The van der Waals surface area contributed by atoms with E-state index in [1.165, 1.54) is 25.0 Å². The highest BCUT2D eigenvalue weighted by Gasteiger charge is 2.19. The van der Waals surface area contributed by atoms with Crippen molar-refractivity contribution in [2.75, 3.05) is 20.1 Å². The molecule has 1 amide bonds. The molecule has 4 nitrogen and oxygen atoms in total. The molecule has 98 valence electrons. The zero-order valence-electron chi connectivity index (χ0n) is 10.7. The molecule has 1 aliphatic heterocycles. The standard InChI is InChI=1S/C14H20N2O2/c1-16-9-3-2-4-12(16)10-15-14(18)11-5-7-13(17)8-6-11/h5-8,12,17H,2-4,9-10H2,1H3,(H,15,18). The van der Waals surface area contributed by atoms with Crippen LogP contribution in [0.5, 0.6) is 5.75 Å². The summed E-state index contributed by atoms with van der Waals surface area (Å²) < 4.78 is 0. The molecule has 0 aromatic heterocycles. The van der Waals surface area contributed by atoms with E-state index in [0.717, 1.165) is 13.0 Å². The van der Waals surface area contributed by atoms with Gasteiger partial charge in [0.15, 0.2) is 0 Å². The fourth-order valence-corrected chi connectivity index (χ4v) is 2.33. The van der Waals surface area contributed by atoms with Crippen LogP contribution < -0.4 is 5.32 Å². The molecule has 4 heteroatoms. The quantitative estimate of drug-likeness (QED) is 0.854. The number of carbonyl (C=O) groups excluding carboxylic acids is 1. The number of rotatable bonds is 3. The monoisotopic (exact) mass is 248 g/mol. The predicted octanol–water partition coefficient (Wildman–Crippen LogP) is 1.61. The van der Waals surface area contributed by atoms with Crippen LogP contribution in [-0.4, -0.2) is 42.1 Å². The minimum Gasteiger partial charge on any atom is -0.508 e. The van der Waals surface area contributed by atoms with E-state index in [1.807, 2.05) is 0 Å². The van der Waals surface area contributed by atoms with E-state index in [9.17, 15) is 4.79 Å². The number of amides is 1. The summed E-state index contributed by atoms with van der Waals surface area (Å²) in [6, 6.07) is 6.77. The van der Waals surface area contributed by atoms with Gasteiger partial charge >= 0.3 is 0 Å². The summed E-state index contributed by atoms with van der Waals surface area (Å²) in [5.74, 6) is 0.104. The molecule has 1 unspecified atom stereocenters. The van der Waals surface area contributed by atoms with Crippen molar-refractivity contribution in [1.82, 2.24) is 10.2 Å². The van der Waals surface area contributed by atoms with Crippen molar-refractivity contribution in [2.24, 2.45) is 0 Å². The first-order valence-corrected chi connectivity index (χ1v) is 6.44. The first-order valence-electron chi connectivity index (χ1n) is 6.44. The van der Waals surface area contributed by atoms with Crippen molar-refractivity contribution in [3.05, 3.63) is 29.8 Å². The topological polar surface area (TPSA) is 52.6 Å². The number of phenolic OH excluding ortho intramolecular Hbond substituents is 1. The number of piperidine rings is 1. The molecule has 1 atom stereocenters. The first-order chi connectivity index (χ1) is 8.66. The second kappa shape index (κ2) is 5.87. The first kappa shape index (κ1) is 12.9. The van der Waals surface area contributed by atoms with E-state index in [4.69, 9.17) is 5.11 Å². The van der Waals surface area contributed by atoms with Gasteiger partial charge in [-0.05, 0) is 50.7 Å². The molecule has 0 aliphatic carbocycles. The van der Waals surface area contributed by atoms with Crippen LogP contribution in [0.25, 0.3) is 0 Å². The summed E-state index contributed by atoms with van der Waals surface area (Å²) in [5, 5.41) is 12.1. The Morgan fingerprint density at radius 2 is 2.11 bits per heavy atom. The van der Waals surface area contributed by atoms with Gasteiger partial charge in [0.2, 0.25) is 0 Å². The Morgan fingerprint density at radius 3 is 2.78 bits per heavy atom. The fraction of sp³-hybridized carbons (Fsp3) is 0.500. The highest BCUT2D eigenvalue weighted by atomic mass is 16.3. The summed E-state index contributed by atoms with van der Waals surface area (Å²) in [6.45, 7) is 1.80. The summed E-state index contributed by atoms with van der Waals surface area (Å²) >= 11 is 0. The highest BCUT2D eigenvalue weighted by molar-refractivity contribution is 5.94. The Kier molecular flexibility index (Phi) is 4.20. The minimum atomic E-state index is -0.0750. The molecule has 18 heavy (non-hydrogen) atoms. The number of benzene rings is 1. The van der Waals surface area contributed by atoms with E-state index in [2.05, 4.69) is 17.3 Å². The molecular formula is C14H20N2O2. The maximum Gasteiger partial charge on any atom is 0.251 e. The predicted molar refractivity (Wildman–Crippen MR) is 70.7 cm³/mol. The van der Waals surface area contributed by atoms with Crippen LogP contribution in [-0.2, 0) is 0 Å². The van der Waals surface area contributed by atoms with Gasteiger partial charge in [-0.1, -0.05) is 6.42 Å². The van der Waals surface area contributed by atoms with Crippen LogP contribution in [0.3, 0.4) is 0 Å². The number of likely N-dealkylation sites (N-methyl/N-ethyl adjacent to an activating group) is 1. The minimum absolute atomic E-state index is 0.0750. The molecule has 1 fully saturated rings. The van der Waals surface area contributed by atoms with Crippen LogP contribution in [0.4, 0.5) is 0 Å². The van der Waals surface area contributed by atoms with Crippen molar-refractivity contribution in [3.63, 3.8) is 0 Å². The van der Waals surface area contributed by atoms with Crippen LogP contribution in [0, 0.1) is 0 Å². The molecule has 2 rings (SSSR count). The van der Waals surface area contributed by atoms with Gasteiger partial charge in [0.25, 0.3) is 5.91 Å². The third-order valence-corrected chi connectivity index (χ3v) is 3.55. The summed E-state index contributed by atoms with van der Waals surface area (Å²) in [4.78, 5) is 14.2. The third kappa shape index (κ3) is 3.23. The van der Waals surface area contributed by atoms with Crippen molar-refractivity contribution in [3.8, 4) is 5.75 Å². The van der Waals surface area contributed by atoms with Crippen LogP contribution >= 0.6 is 0 Å². The Labute approximate surface area is 108 Å². The van der Waals surface area contributed by atoms with Crippen LogP contribution in [0.1, 0.15) is 29.6 Å².